The lowest BCUT2D eigenvalue weighted by Crippen LogP contribution is -2.21. The fourth-order valence-corrected chi connectivity index (χ4v) is 3.44. The Bertz CT molecular complexity index is 1080. The molecular weight excluding hydrogens is 392 g/mol. The molecule has 162 valence electrons. The number of furan rings is 1. The van der Waals surface area contributed by atoms with Gasteiger partial charge in [0.15, 0.2) is 6.61 Å². The van der Waals surface area contributed by atoms with Crippen LogP contribution < -0.4 is 5.32 Å². The molecule has 0 aliphatic rings. The molecule has 0 saturated carbocycles. The highest BCUT2D eigenvalue weighted by Crippen LogP contribution is 2.23. The molecule has 6 heteroatoms. The largest absolute Gasteiger partial charge is 0.467 e. The number of carbonyl (C=O) groups is 2. The third kappa shape index (κ3) is 5.75. The smallest absolute Gasteiger partial charge is 0.331 e. The lowest BCUT2D eigenvalue weighted by molar-refractivity contribution is -0.142. The Kier molecular flexibility index (Phi) is 7.13. The molecule has 3 rings (SSSR count). The lowest BCUT2D eigenvalue weighted by Gasteiger charge is -2.13. The van der Waals surface area contributed by atoms with Crippen molar-refractivity contribution in [3.63, 3.8) is 0 Å². The van der Waals surface area contributed by atoms with Crippen molar-refractivity contribution in [1.29, 1.82) is 0 Å². The van der Waals surface area contributed by atoms with Crippen LogP contribution in [0.5, 0.6) is 0 Å². The molecule has 2 heterocycles. The summed E-state index contributed by atoms with van der Waals surface area (Å²) in [6.45, 7) is 8.39. The molecule has 3 aromatic rings. The number of aryl methyl sites for hydroxylation is 1. The van der Waals surface area contributed by atoms with Crippen LogP contribution in [0.4, 0.5) is 5.69 Å². The van der Waals surface area contributed by atoms with Crippen molar-refractivity contribution < 1.29 is 18.7 Å². The van der Waals surface area contributed by atoms with E-state index in [4.69, 9.17) is 9.15 Å². The standard InChI is InChI=1S/C25H28N2O4/c1-17(2)22-9-5-6-10-23(22)26-24(28)16-31-25(29)12-11-20-14-18(3)27(19(20)4)15-21-8-7-13-30-21/h5-14,17H,15-16H2,1-4H3,(H,26,28)/b12-11+. The van der Waals surface area contributed by atoms with Crippen LogP contribution in [-0.2, 0) is 20.9 Å². The van der Waals surface area contributed by atoms with Crippen LogP contribution in [0.1, 0.15) is 48.0 Å². The number of nitrogens with one attached hydrogen (secondary N) is 1. The Morgan fingerprint density at radius 1 is 1.16 bits per heavy atom. The number of nitrogens with zero attached hydrogens (tertiary/aromatic N) is 1. The van der Waals surface area contributed by atoms with Crippen molar-refractivity contribution in [2.75, 3.05) is 11.9 Å². The number of esters is 1. The minimum Gasteiger partial charge on any atom is -0.467 e. The second-order valence-electron chi connectivity index (χ2n) is 7.72. The number of para-hydroxylation sites is 1. The summed E-state index contributed by atoms with van der Waals surface area (Å²) in [5.41, 5.74) is 4.76. The van der Waals surface area contributed by atoms with E-state index in [2.05, 4.69) is 23.7 Å². The van der Waals surface area contributed by atoms with Crippen molar-refractivity contribution in [3.05, 3.63) is 83.1 Å². The summed E-state index contributed by atoms with van der Waals surface area (Å²) in [6.07, 6.45) is 4.70. The highest BCUT2D eigenvalue weighted by molar-refractivity contribution is 5.95. The van der Waals surface area contributed by atoms with Crippen LogP contribution in [0.25, 0.3) is 6.08 Å². The molecule has 0 aliphatic carbocycles. The second-order valence-corrected chi connectivity index (χ2v) is 7.72. The van der Waals surface area contributed by atoms with Crippen molar-refractivity contribution in [1.82, 2.24) is 4.57 Å². The topological polar surface area (TPSA) is 73.5 Å². The Hall–Kier alpha value is -3.54. The number of hydrogen-bond donors (Lipinski definition) is 1. The van der Waals surface area contributed by atoms with Crippen molar-refractivity contribution in [2.45, 2.75) is 40.2 Å². The zero-order valence-corrected chi connectivity index (χ0v) is 18.3. The molecule has 1 amide bonds. The summed E-state index contributed by atoms with van der Waals surface area (Å²) in [5, 5.41) is 2.81. The molecule has 0 saturated heterocycles. The van der Waals surface area contributed by atoms with Crippen LogP contribution in [0, 0.1) is 13.8 Å². The molecule has 1 aromatic carbocycles. The minimum atomic E-state index is -0.567. The second kappa shape index (κ2) is 9.98. The monoisotopic (exact) mass is 420 g/mol. The van der Waals surface area contributed by atoms with Gasteiger partial charge in [0.25, 0.3) is 5.91 Å². The molecule has 1 N–H and O–H groups in total. The molecule has 0 bridgehead atoms. The van der Waals surface area contributed by atoms with E-state index in [9.17, 15) is 9.59 Å². The van der Waals surface area contributed by atoms with Gasteiger partial charge in [0.2, 0.25) is 0 Å². The molecule has 0 radical (unpaired) electrons. The zero-order chi connectivity index (χ0) is 22.4. The van der Waals surface area contributed by atoms with Gasteiger partial charge >= 0.3 is 5.97 Å². The lowest BCUT2D eigenvalue weighted by atomic mass is 10.0. The summed E-state index contributed by atoms with van der Waals surface area (Å²) in [5.74, 6) is 0.199. The van der Waals surface area contributed by atoms with E-state index in [1.807, 2.05) is 56.3 Å². The number of aromatic nitrogens is 1. The van der Waals surface area contributed by atoms with Gasteiger partial charge in [-0.2, -0.15) is 0 Å². The molecule has 31 heavy (non-hydrogen) atoms. The third-order valence-corrected chi connectivity index (χ3v) is 5.11. The summed E-state index contributed by atoms with van der Waals surface area (Å²) in [4.78, 5) is 24.3. The molecule has 0 unspecified atom stereocenters. The summed E-state index contributed by atoms with van der Waals surface area (Å²) < 4.78 is 12.6. The Morgan fingerprint density at radius 3 is 2.65 bits per heavy atom. The molecule has 0 spiro atoms. The summed E-state index contributed by atoms with van der Waals surface area (Å²) in [7, 11) is 0. The van der Waals surface area contributed by atoms with E-state index in [1.165, 1.54) is 6.08 Å². The van der Waals surface area contributed by atoms with Gasteiger partial charge in [0.1, 0.15) is 5.76 Å². The minimum absolute atomic E-state index is 0.272. The number of anilines is 1. The first kappa shape index (κ1) is 22.2. The fourth-order valence-electron chi connectivity index (χ4n) is 3.44. The molecule has 0 fully saturated rings. The number of ether oxygens (including phenoxy) is 1. The van der Waals surface area contributed by atoms with Gasteiger partial charge in [0.05, 0.1) is 12.8 Å². The highest BCUT2D eigenvalue weighted by atomic mass is 16.5. The SMILES string of the molecule is Cc1cc(/C=C/C(=O)OCC(=O)Nc2ccccc2C(C)C)c(C)n1Cc1ccco1. The van der Waals surface area contributed by atoms with Gasteiger partial charge < -0.3 is 19.0 Å². The van der Waals surface area contributed by atoms with E-state index in [1.54, 1.807) is 12.3 Å². The first-order valence-corrected chi connectivity index (χ1v) is 10.3. The van der Waals surface area contributed by atoms with Gasteiger partial charge in [-0.15, -0.1) is 0 Å². The molecule has 0 aliphatic heterocycles. The highest BCUT2D eigenvalue weighted by Gasteiger charge is 2.12. The molecule has 2 aromatic heterocycles. The Labute approximate surface area is 182 Å². The molecule has 0 atom stereocenters. The van der Waals surface area contributed by atoms with Gasteiger partial charge in [-0.3, -0.25) is 4.79 Å². The number of amides is 1. The van der Waals surface area contributed by atoms with Crippen LogP contribution >= 0.6 is 0 Å². The fraction of sp³-hybridized carbons (Fsp3) is 0.280. The van der Waals surface area contributed by atoms with Gasteiger partial charge in [-0.25, -0.2) is 4.79 Å². The van der Waals surface area contributed by atoms with Crippen molar-refractivity contribution in [2.24, 2.45) is 0 Å². The predicted molar refractivity (Wildman–Crippen MR) is 121 cm³/mol. The average molecular weight is 421 g/mol. The first-order chi connectivity index (χ1) is 14.8. The number of carbonyl (C=O) groups excluding carboxylic acids is 2. The van der Waals surface area contributed by atoms with Crippen LogP contribution in [-0.4, -0.2) is 23.1 Å². The Morgan fingerprint density at radius 2 is 1.94 bits per heavy atom. The summed E-state index contributed by atoms with van der Waals surface area (Å²) >= 11 is 0. The molecule has 6 nitrogen and oxygen atoms in total. The molecular formula is C25H28N2O4. The van der Waals surface area contributed by atoms with Gasteiger partial charge in [-0.1, -0.05) is 32.0 Å². The quantitative estimate of drug-likeness (QED) is 0.408. The van der Waals surface area contributed by atoms with Crippen LogP contribution in [0.2, 0.25) is 0 Å². The van der Waals surface area contributed by atoms with Crippen LogP contribution in [0.15, 0.2) is 59.2 Å². The van der Waals surface area contributed by atoms with E-state index in [0.717, 1.165) is 34.0 Å². The maximum atomic E-state index is 12.2. The Balaban J connectivity index is 1.56. The maximum Gasteiger partial charge on any atom is 0.331 e. The van der Waals surface area contributed by atoms with E-state index in [0.29, 0.717) is 6.54 Å². The van der Waals surface area contributed by atoms with E-state index < -0.39 is 5.97 Å². The predicted octanol–water partition coefficient (Wildman–Crippen LogP) is 5.06. The van der Waals surface area contributed by atoms with Crippen LogP contribution in [0.3, 0.4) is 0 Å². The van der Waals surface area contributed by atoms with E-state index in [-0.39, 0.29) is 18.4 Å². The van der Waals surface area contributed by atoms with E-state index >= 15 is 0 Å². The number of rotatable bonds is 8. The van der Waals surface area contributed by atoms with Gasteiger partial charge in [-0.05, 0) is 61.2 Å². The maximum absolute atomic E-state index is 12.2. The zero-order valence-electron chi connectivity index (χ0n) is 18.3. The average Bonchev–Trinajstić information content (AvgIpc) is 3.35. The van der Waals surface area contributed by atoms with Gasteiger partial charge in [0, 0.05) is 23.2 Å². The number of hydrogen-bond acceptors (Lipinski definition) is 4. The van der Waals surface area contributed by atoms with Crippen molar-refractivity contribution >= 4 is 23.6 Å². The first-order valence-electron chi connectivity index (χ1n) is 10.3. The normalized spacial score (nSPS) is 11.3. The van der Waals surface area contributed by atoms with Crippen molar-refractivity contribution in [3.8, 4) is 0 Å². The number of benzene rings is 1. The third-order valence-electron chi connectivity index (χ3n) is 5.11. The summed E-state index contributed by atoms with van der Waals surface area (Å²) in [6, 6.07) is 13.4.